The maximum Gasteiger partial charge on any atom is 0.314 e. The van der Waals surface area contributed by atoms with Gasteiger partial charge in [-0.25, -0.2) is 12.8 Å². The Morgan fingerprint density at radius 3 is 2.41 bits per heavy atom. The lowest BCUT2D eigenvalue weighted by Crippen LogP contribution is -2.26. The topological polar surface area (TPSA) is 98.5 Å². The Labute approximate surface area is 190 Å². The number of benzene rings is 2. The standard InChI is InChI=1S/C22H22ClFN2O5S/c1-22(2,28)10-11-31-20-17(14-4-7-16(8-5-14)32(3,29)30)13-25-26(21(20)27)15-6-9-19(24)18(23)12-15/h4-9,12-13,28H,10-11H2,1-3H3. The van der Waals surface area contributed by atoms with Crippen LogP contribution in [-0.2, 0) is 9.84 Å². The predicted octanol–water partition coefficient (Wildman–Crippen LogP) is 3.64. The van der Waals surface area contributed by atoms with Gasteiger partial charge in [0, 0.05) is 18.2 Å². The van der Waals surface area contributed by atoms with Crippen LogP contribution in [0.3, 0.4) is 0 Å². The fraction of sp³-hybridized carbons (Fsp3) is 0.273. The van der Waals surface area contributed by atoms with E-state index in [4.69, 9.17) is 16.3 Å². The Morgan fingerprint density at radius 2 is 1.84 bits per heavy atom. The summed E-state index contributed by atoms with van der Waals surface area (Å²) in [6.45, 7) is 3.28. The van der Waals surface area contributed by atoms with E-state index in [-0.39, 0.29) is 34.4 Å². The Balaban J connectivity index is 2.10. The van der Waals surface area contributed by atoms with Gasteiger partial charge in [0.15, 0.2) is 15.6 Å². The van der Waals surface area contributed by atoms with E-state index >= 15 is 0 Å². The van der Waals surface area contributed by atoms with Crippen LogP contribution in [0, 0.1) is 5.82 Å². The molecule has 0 saturated heterocycles. The Hall–Kier alpha value is -2.75. The van der Waals surface area contributed by atoms with E-state index in [0.717, 1.165) is 17.0 Å². The normalized spacial score (nSPS) is 12.1. The monoisotopic (exact) mass is 480 g/mol. The number of aliphatic hydroxyl groups is 1. The minimum Gasteiger partial charge on any atom is -0.487 e. The van der Waals surface area contributed by atoms with E-state index in [1.807, 2.05) is 0 Å². The van der Waals surface area contributed by atoms with Crippen LogP contribution in [0.2, 0.25) is 5.02 Å². The van der Waals surface area contributed by atoms with Gasteiger partial charge in [-0.2, -0.15) is 9.78 Å². The van der Waals surface area contributed by atoms with Crippen molar-refractivity contribution in [1.82, 2.24) is 9.78 Å². The summed E-state index contributed by atoms with van der Waals surface area (Å²) < 4.78 is 43.8. The fourth-order valence-corrected chi connectivity index (χ4v) is 3.67. The highest BCUT2D eigenvalue weighted by Crippen LogP contribution is 2.28. The third kappa shape index (κ3) is 5.53. The van der Waals surface area contributed by atoms with Crippen LogP contribution in [0.5, 0.6) is 5.75 Å². The lowest BCUT2D eigenvalue weighted by atomic mass is 10.1. The maximum absolute atomic E-state index is 13.5. The molecule has 0 amide bonds. The van der Waals surface area contributed by atoms with Crippen molar-refractivity contribution in [3.63, 3.8) is 0 Å². The molecule has 0 aliphatic carbocycles. The minimum absolute atomic E-state index is 0.0430. The largest absolute Gasteiger partial charge is 0.487 e. The second-order valence-corrected chi connectivity index (χ2v) is 10.3. The number of aromatic nitrogens is 2. The quantitative estimate of drug-likeness (QED) is 0.554. The lowest BCUT2D eigenvalue weighted by Gasteiger charge is -2.18. The SMILES string of the molecule is CC(C)(O)CCOc1c(-c2ccc(S(C)(=O)=O)cc2)cnn(-c2ccc(F)c(Cl)c2)c1=O. The van der Waals surface area contributed by atoms with Crippen molar-refractivity contribution in [3.8, 4) is 22.6 Å². The molecule has 1 aromatic heterocycles. The third-order valence-electron chi connectivity index (χ3n) is 4.64. The molecular weight excluding hydrogens is 459 g/mol. The lowest BCUT2D eigenvalue weighted by molar-refractivity contribution is 0.0551. The van der Waals surface area contributed by atoms with E-state index < -0.39 is 26.8 Å². The van der Waals surface area contributed by atoms with Gasteiger partial charge in [-0.3, -0.25) is 4.79 Å². The molecule has 0 aliphatic rings. The van der Waals surface area contributed by atoms with Crippen LogP contribution in [0.4, 0.5) is 4.39 Å². The summed E-state index contributed by atoms with van der Waals surface area (Å²) in [5.74, 6) is -0.676. The molecular formula is C22H22ClFN2O5S. The molecule has 10 heteroatoms. The second-order valence-electron chi connectivity index (χ2n) is 7.91. The molecule has 0 unspecified atom stereocenters. The number of nitrogens with zero attached hydrogens (tertiary/aromatic N) is 2. The molecule has 0 aliphatic heterocycles. The molecule has 32 heavy (non-hydrogen) atoms. The van der Waals surface area contributed by atoms with Crippen molar-refractivity contribution in [2.24, 2.45) is 0 Å². The van der Waals surface area contributed by atoms with Crippen LogP contribution in [-0.4, -0.2) is 41.8 Å². The molecule has 170 valence electrons. The smallest absolute Gasteiger partial charge is 0.314 e. The van der Waals surface area contributed by atoms with Crippen molar-refractivity contribution < 1.29 is 22.7 Å². The molecule has 3 rings (SSSR count). The van der Waals surface area contributed by atoms with Crippen LogP contribution in [0.25, 0.3) is 16.8 Å². The Kier molecular flexibility index (Phi) is 6.73. The van der Waals surface area contributed by atoms with Gasteiger partial charge in [-0.05, 0) is 49.7 Å². The highest BCUT2D eigenvalue weighted by Gasteiger charge is 2.19. The molecule has 0 saturated carbocycles. The summed E-state index contributed by atoms with van der Waals surface area (Å²) in [6.07, 6.45) is 2.75. The zero-order chi connectivity index (χ0) is 23.7. The molecule has 0 fully saturated rings. The van der Waals surface area contributed by atoms with Gasteiger partial charge in [0.25, 0.3) is 0 Å². The van der Waals surface area contributed by atoms with Crippen molar-refractivity contribution in [1.29, 1.82) is 0 Å². The number of halogens is 2. The van der Waals surface area contributed by atoms with Crippen molar-refractivity contribution in [2.45, 2.75) is 30.8 Å². The summed E-state index contributed by atoms with van der Waals surface area (Å²) in [5.41, 5.74) is -0.519. The number of ether oxygens (including phenoxy) is 1. The van der Waals surface area contributed by atoms with E-state index in [1.54, 1.807) is 26.0 Å². The summed E-state index contributed by atoms with van der Waals surface area (Å²) in [5, 5.41) is 14.0. The van der Waals surface area contributed by atoms with Gasteiger partial charge >= 0.3 is 5.56 Å². The van der Waals surface area contributed by atoms with Gasteiger partial charge in [0.05, 0.1) is 34.0 Å². The molecule has 2 aromatic carbocycles. The minimum atomic E-state index is -3.38. The maximum atomic E-state index is 13.5. The van der Waals surface area contributed by atoms with Crippen LogP contribution in [0.1, 0.15) is 20.3 Å². The molecule has 1 N–H and O–H groups in total. The van der Waals surface area contributed by atoms with E-state index in [2.05, 4.69) is 5.10 Å². The average molecular weight is 481 g/mol. The molecule has 3 aromatic rings. The van der Waals surface area contributed by atoms with E-state index in [9.17, 15) is 22.7 Å². The van der Waals surface area contributed by atoms with Crippen molar-refractivity contribution in [2.75, 3.05) is 12.9 Å². The van der Waals surface area contributed by atoms with E-state index in [0.29, 0.717) is 11.1 Å². The molecule has 0 radical (unpaired) electrons. The number of hydrogen-bond donors (Lipinski definition) is 1. The van der Waals surface area contributed by atoms with E-state index in [1.165, 1.54) is 30.5 Å². The second kappa shape index (κ2) is 9.01. The summed E-state index contributed by atoms with van der Waals surface area (Å²) in [4.78, 5) is 13.4. The molecule has 0 spiro atoms. The summed E-state index contributed by atoms with van der Waals surface area (Å²) in [6, 6.07) is 9.71. The van der Waals surface area contributed by atoms with Gasteiger partial charge in [-0.15, -0.1) is 0 Å². The third-order valence-corrected chi connectivity index (χ3v) is 6.05. The summed E-state index contributed by atoms with van der Waals surface area (Å²) in [7, 11) is -3.38. The summed E-state index contributed by atoms with van der Waals surface area (Å²) >= 11 is 5.84. The Bertz CT molecular complexity index is 1300. The van der Waals surface area contributed by atoms with Crippen LogP contribution < -0.4 is 10.3 Å². The highest BCUT2D eigenvalue weighted by atomic mass is 35.5. The van der Waals surface area contributed by atoms with Gasteiger partial charge < -0.3 is 9.84 Å². The first kappa shape index (κ1) is 23.9. The zero-order valence-electron chi connectivity index (χ0n) is 17.7. The van der Waals surface area contributed by atoms with Gasteiger partial charge in [0.2, 0.25) is 0 Å². The molecule has 1 heterocycles. The van der Waals surface area contributed by atoms with Crippen LogP contribution in [0.15, 0.2) is 58.4 Å². The number of rotatable bonds is 7. The fourth-order valence-electron chi connectivity index (χ4n) is 2.87. The highest BCUT2D eigenvalue weighted by molar-refractivity contribution is 7.90. The first-order chi connectivity index (χ1) is 14.9. The van der Waals surface area contributed by atoms with Gasteiger partial charge in [0.1, 0.15) is 5.82 Å². The van der Waals surface area contributed by atoms with Gasteiger partial charge in [-0.1, -0.05) is 23.7 Å². The van der Waals surface area contributed by atoms with Crippen molar-refractivity contribution in [3.05, 3.63) is 69.9 Å². The molecule has 0 atom stereocenters. The first-order valence-electron chi connectivity index (χ1n) is 9.60. The first-order valence-corrected chi connectivity index (χ1v) is 11.9. The molecule has 0 bridgehead atoms. The molecule has 7 nitrogen and oxygen atoms in total. The number of hydrogen-bond acceptors (Lipinski definition) is 6. The van der Waals surface area contributed by atoms with Crippen molar-refractivity contribution >= 4 is 21.4 Å². The Morgan fingerprint density at radius 1 is 1.19 bits per heavy atom. The zero-order valence-corrected chi connectivity index (χ0v) is 19.2. The van der Waals surface area contributed by atoms with Crippen LogP contribution >= 0.6 is 11.6 Å². The predicted molar refractivity (Wildman–Crippen MR) is 120 cm³/mol. The average Bonchev–Trinajstić information content (AvgIpc) is 2.70. The number of sulfone groups is 1.